The van der Waals surface area contributed by atoms with Crippen LogP contribution in [0.25, 0.3) is 0 Å². The molecule has 1 saturated heterocycles. The number of carbonyl (C=O) groups is 1. The number of Topliss-reactive ketones (excluding diaryl/α,β-unsaturated/α-hetero) is 1. The second-order valence-corrected chi connectivity index (χ2v) is 6.44. The van der Waals surface area contributed by atoms with E-state index in [2.05, 4.69) is 15.9 Å². The quantitative estimate of drug-likeness (QED) is 0.787. The molecule has 1 fully saturated rings. The van der Waals surface area contributed by atoms with Gasteiger partial charge in [-0.15, -0.1) is 0 Å². The topological polar surface area (TPSA) is 23.6 Å². The number of hydrogen-bond acceptors (Lipinski definition) is 3. The lowest BCUT2D eigenvalue weighted by Crippen LogP contribution is -2.45. The van der Waals surface area contributed by atoms with E-state index in [1.54, 1.807) is 19.1 Å². The van der Waals surface area contributed by atoms with Crippen LogP contribution in [0.15, 0.2) is 48.5 Å². The van der Waals surface area contributed by atoms with Crippen molar-refractivity contribution in [1.29, 1.82) is 0 Å². The molecular weight excluding hydrogens is 303 g/mol. The molecule has 126 valence electrons. The molecule has 3 rings (SSSR count). The van der Waals surface area contributed by atoms with Gasteiger partial charge in [0.25, 0.3) is 0 Å². The second-order valence-electron chi connectivity index (χ2n) is 6.44. The zero-order valence-corrected chi connectivity index (χ0v) is 14.0. The number of benzene rings is 2. The van der Waals surface area contributed by atoms with E-state index in [0.29, 0.717) is 0 Å². The number of piperazine rings is 1. The Morgan fingerprint density at radius 2 is 1.46 bits per heavy atom. The molecule has 0 saturated carbocycles. The van der Waals surface area contributed by atoms with Crippen molar-refractivity contribution in [3.05, 3.63) is 71.0 Å². The summed E-state index contributed by atoms with van der Waals surface area (Å²) < 4.78 is 13.3. The molecule has 0 atom stereocenters. The third kappa shape index (κ3) is 4.49. The van der Waals surface area contributed by atoms with Crippen molar-refractivity contribution in [3.63, 3.8) is 0 Å². The van der Waals surface area contributed by atoms with E-state index in [9.17, 15) is 9.18 Å². The maximum atomic E-state index is 13.3. The van der Waals surface area contributed by atoms with Crippen molar-refractivity contribution in [1.82, 2.24) is 9.80 Å². The largest absolute Gasteiger partial charge is 0.297 e. The predicted molar refractivity (Wildman–Crippen MR) is 93.4 cm³/mol. The van der Waals surface area contributed by atoms with Crippen molar-refractivity contribution in [2.75, 3.05) is 26.2 Å². The van der Waals surface area contributed by atoms with Crippen LogP contribution < -0.4 is 0 Å². The summed E-state index contributed by atoms with van der Waals surface area (Å²) in [6.45, 7) is 7.19. The van der Waals surface area contributed by atoms with Gasteiger partial charge < -0.3 is 0 Å². The fourth-order valence-electron chi connectivity index (χ4n) is 3.15. The highest BCUT2D eigenvalue weighted by molar-refractivity contribution is 5.94. The first-order chi connectivity index (χ1) is 11.6. The minimum Gasteiger partial charge on any atom is -0.297 e. The van der Waals surface area contributed by atoms with Gasteiger partial charge in [0.2, 0.25) is 0 Å². The lowest BCUT2D eigenvalue weighted by Gasteiger charge is -2.34. The Morgan fingerprint density at radius 3 is 2.00 bits per heavy atom. The van der Waals surface area contributed by atoms with Crippen LogP contribution in [0.5, 0.6) is 0 Å². The van der Waals surface area contributed by atoms with Crippen molar-refractivity contribution in [2.24, 2.45) is 0 Å². The number of hydrogen-bond donors (Lipinski definition) is 0. The molecular formula is C20H23FN2O. The summed E-state index contributed by atoms with van der Waals surface area (Å²) in [4.78, 5) is 16.2. The molecule has 0 aliphatic carbocycles. The Labute approximate surface area is 142 Å². The minimum absolute atomic E-state index is 0.108. The maximum absolute atomic E-state index is 13.3. The van der Waals surface area contributed by atoms with Crippen molar-refractivity contribution >= 4 is 5.78 Å². The van der Waals surface area contributed by atoms with Gasteiger partial charge in [0.05, 0.1) is 0 Å². The summed E-state index contributed by atoms with van der Waals surface area (Å²) in [5.41, 5.74) is 2.98. The van der Waals surface area contributed by atoms with Crippen molar-refractivity contribution < 1.29 is 9.18 Å². The van der Waals surface area contributed by atoms with Crippen LogP contribution in [0.3, 0.4) is 0 Å². The molecule has 1 aliphatic heterocycles. The summed E-state index contributed by atoms with van der Waals surface area (Å²) in [7, 11) is 0. The number of carbonyl (C=O) groups excluding carboxylic acids is 1. The Bertz CT molecular complexity index is 708. The standard InChI is InChI=1S/C20H23FN2O/c1-16(24)19-6-2-4-17(12-19)14-22-8-10-23(11-9-22)15-18-5-3-7-20(21)13-18/h2-7,12-13H,8-11,14-15H2,1H3. The summed E-state index contributed by atoms with van der Waals surface area (Å²) in [6.07, 6.45) is 0. The zero-order valence-electron chi connectivity index (χ0n) is 14.0. The Hall–Kier alpha value is -2.04. The molecule has 1 heterocycles. The molecule has 1 aliphatic rings. The van der Waals surface area contributed by atoms with E-state index in [1.807, 2.05) is 24.3 Å². The molecule has 3 nitrogen and oxygen atoms in total. The molecule has 2 aromatic rings. The SMILES string of the molecule is CC(=O)c1cccc(CN2CCN(Cc3cccc(F)c3)CC2)c1. The van der Waals surface area contributed by atoms with Gasteiger partial charge in [0.1, 0.15) is 5.82 Å². The highest BCUT2D eigenvalue weighted by atomic mass is 19.1. The van der Waals surface area contributed by atoms with Crippen LogP contribution in [0.2, 0.25) is 0 Å². The maximum Gasteiger partial charge on any atom is 0.159 e. The molecule has 4 heteroatoms. The van der Waals surface area contributed by atoms with Crippen LogP contribution in [0.1, 0.15) is 28.4 Å². The molecule has 0 unspecified atom stereocenters. The van der Waals surface area contributed by atoms with Gasteiger partial charge in [-0.05, 0) is 36.2 Å². The third-order valence-corrected chi connectivity index (χ3v) is 4.50. The zero-order chi connectivity index (χ0) is 16.9. The molecule has 0 amide bonds. The van der Waals surface area contributed by atoms with E-state index < -0.39 is 0 Å². The van der Waals surface area contributed by atoms with Gasteiger partial charge >= 0.3 is 0 Å². The average molecular weight is 326 g/mol. The first-order valence-corrected chi connectivity index (χ1v) is 8.39. The molecule has 0 N–H and O–H groups in total. The summed E-state index contributed by atoms with van der Waals surface area (Å²) >= 11 is 0. The normalized spacial score (nSPS) is 16.2. The van der Waals surface area contributed by atoms with Crippen molar-refractivity contribution in [3.8, 4) is 0 Å². The molecule has 0 bridgehead atoms. The summed E-state index contributed by atoms with van der Waals surface area (Å²) in [5, 5.41) is 0. The lowest BCUT2D eigenvalue weighted by molar-refractivity contribution is 0.101. The van der Waals surface area contributed by atoms with E-state index >= 15 is 0 Å². The molecule has 0 radical (unpaired) electrons. The Balaban J connectivity index is 1.52. The van der Waals surface area contributed by atoms with Crippen LogP contribution in [-0.4, -0.2) is 41.8 Å². The molecule has 0 aromatic heterocycles. The average Bonchev–Trinajstić information content (AvgIpc) is 2.57. The first-order valence-electron chi connectivity index (χ1n) is 8.39. The van der Waals surface area contributed by atoms with E-state index in [0.717, 1.165) is 50.4 Å². The molecule has 2 aromatic carbocycles. The van der Waals surface area contributed by atoms with Gasteiger partial charge in [-0.3, -0.25) is 14.6 Å². The molecule has 0 spiro atoms. The number of rotatable bonds is 5. The highest BCUT2D eigenvalue weighted by Gasteiger charge is 2.17. The smallest absolute Gasteiger partial charge is 0.159 e. The predicted octanol–water partition coefficient (Wildman–Crippen LogP) is 3.35. The van der Waals surface area contributed by atoms with E-state index in [1.165, 1.54) is 11.6 Å². The Kier molecular flexibility index (Phi) is 5.38. The monoisotopic (exact) mass is 326 g/mol. The van der Waals surface area contributed by atoms with E-state index in [-0.39, 0.29) is 11.6 Å². The second kappa shape index (κ2) is 7.69. The van der Waals surface area contributed by atoms with Gasteiger partial charge in [-0.25, -0.2) is 4.39 Å². The first kappa shape index (κ1) is 16.8. The lowest BCUT2D eigenvalue weighted by atomic mass is 10.1. The Morgan fingerprint density at radius 1 is 0.917 bits per heavy atom. The fourth-order valence-corrected chi connectivity index (χ4v) is 3.15. The molecule has 24 heavy (non-hydrogen) atoms. The van der Waals surface area contributed by atoms with Crippen LogP contribution in [0.4, 0.5) is 4.39 Å². The minimum atomic E-state index is -0.170. The third-order valence-electron chi connectivity index (χ3n) is 4.50. The van der Waals surface area contributed by atoms with Gasteiger partial charge in [-0.1, -0.05) is 30.3 Å². The van der Waals surface area contributed by atoms with Gasteiger partial charge in [0, 0.05) is 44.8 Å². The summed E-state index contributed by atoms with van der Waals surface area (Å²) in [6, 6.07) is 14.7. The van der Waals surface area contributed by atoms with Crippen LogP contribution in [-0.2, 0) is 13.1 Å². The van der Waals surface area contributed by atoms with Crippen molar-refractivity contribution in [2.45, 2.75) is 20.0 Å². The highest BCUT2D eigenvalue weighted by Crippen LogP contribution is 2.13. The number of halogens is 1. The van der Waals surface area contributed by atoms with Crippen LogP contribution >= 0.6 is 0 Å². The number of nitrogens with zero attached hydrogens (tertiary/aromatic N) is 2. The van der Waals surface area contributed by atoms with Gasteiger partial charge in [0.15, 0.2) is 5.78 Å². The fraction of sp³-hybridized carbons (Fsp3) is 0.350. The van der Waals surface area contributed by atoms with E-state index in [4.69, 9.17) is 0 Å². The van der Waals surface area contributed by atoms with Gasteiger partial charge in [-0.2, -0.15) is 0 Å². The van der Waals surface area contributed by atoms with Crippen LogP contribution in [0, 0.1) is 5.82 Å². The number of ketones is 1. The summed E-state index contributed by atoms with van der Waals surface area (Å²) in [5.74, 6) is -0.0618.